The highest BCUT2D eigenvalue weighted by Crippen LogP contribution is 2.22. The zero-order valence-electron chi connectivity index (χ0n) is 16.9. The molecule has 2 aromatic carbocycles. The van der Waals surface area contributed by atoms with E-state index in [2.05, 4.69) is 38.2 Å². The molecule has 2 aromatic rings. The van der Waals surface area contributed by atoms with Crippen molar-refractivity contribution in [3.8, 4) is 0 Å². The number of halogens is 1. The molecule has 0 aliphatic rings. The summed E-state index contributed by atoms with van der Waals surface area (Å²) in [5.74, 6) is -1.10. The van der Waals surface area contributed by atoms with Gasteiger partial charge in [0, 0.05) is 12.8 Å². The van der Waals surface area contributed by atoms with Crippen LogP contribution in [0.2, 0.25) is 0 Å². The Morgan fingerprint density at radius 3 is 2.25 bits per heavy atom. The van der Waals surface area contributed by atoms with Crippen LogP contribution in [0.3, 0.4) is 0 Å². The Labute approximate surface area is 166 Å². The Kier molecular flexibility index (Phi) is 6.62. The number of carbonyl (C=O) groups is 1. The van der Waals surface area contributed by atoms with Gasteiger partial charge < -0.3 is 5.32 Å². The van der Waals surface area contributed by atoms with Crippen molar-refractivity contribution >= 4 is 21.4 Å². The first kappa shape index (κ1) is 22.0. The van der Waals surface area contributed by atoms with E-state index >= 15 is 0 Å². The molecule has 0 saturated carbocycles. The highest BCUT2D eigenvalue weighted by molar-refractivity contribution is 7.90. The van der Waals surface area contributed by atoms with Gasteiger partial charge >= 0.3 is 0 Å². The van der Waals surface area contributed by atoms with Gasteiger partial charge in [0.05, 0.1) is 17.1 Å². The molecule has 0 aliphatic heterocycles. The standard InChI is InChI=1S/C21H27FN2O3S/c1-21(2,3)16-8-6-15(7-9-16)13-24(4)14-20(25)23-19-12-17(28(5,26)27)10-11-18(19)22/h6-12H,13-14H2,1-5H3,(H,23,25). The van der Waals surface area contributed by atoms with E-state index in [9.17, 15) is 17.6 Å². The largest absolute Gasteiger partial charge is 0.322 e. The van der Waals surface area contributed by atoms with Gasteiger partial charge in [0.1, 0.15) is 5.82 Å². The molecule has 1 amide bonds. The molecule has 0 heterocycles. The van der Waals surface area contributed by atoms with E-state index in [1.54, 1.807) is 11.9 Å². The van der Waals surface area contributed by atoms with Crippen LogP contribution in [0.25, 0.3) is 0 Å². The molecule has 0 fully saturated rings. The van der Waals surface area contributed by atoms with E-state index < -0.39 is 21.6 Å². The first-order valence-corrected chi connectivity index (χ1v) is 10.8. The average Bonchev–Trinajstić information content (AvgIpc) is 2.55. The molecule has 2 rings (SSSR count). The molecule has 0 aliphatic carbocycles. The van der Waals surface area contributed by atoms with Crippen molar-refractivity contribution < 1.29 is 17.6 Å². The van der Waals surface area contributed by atoms with Crippen molar-refractivity contribution in [2.45, 2.75) is 37.6 Å². The number of hydrogen-bond donors (Lipinski definition) is 1. The molecule has 0 unspecified atom stereocenters. The molecule has 0 atom stereocenters. The van der Waals surface area contributed by atoms with Crippen molar-refractivity contribution in [3.05, 3.63) is 59.4 Å². The normalized spacial score (nSPS) is 12.2. The number of hydrogen-bond acceptors (Lipinski definition) is 4. The Balaban J connectivity index is 2.00. The van der Waals surface area contributed by atoms with Gasteiger partial charge in [0.2, 0.25) is 5.91 Å². The van der Waals surface area contributed by atoms with E-state index in [0.29, 0.717) is 6.54 Å². The van der Waals surface area contributed by atoms with Crippen LogP contribution >= 0.6 is 0 Å². The molecule has 5 nitrogen and oxygen atoms in total. The Morgan fingerprint density at radius 1 is 1.11 bits per heavy atom. The number of likely N-dealkylation sites (N-methyl/N-ethyl adjacent to an activating group) is 1. The lowest BCUT2D eigenvalue weighted by Gasteiger charge is -2.20. The third kappa shape index (κ3) is 6.14. The summed E-state index contributed by atoms with van der Waals surface area (Å²) in [6, 6.07) is 11.6. The van der Waals surface area contributed by atoms with E-state index in [1.807, 2.05) is 12.1 Å². The van der Waals surface area contributed by atoms with Crippen LogP contribution in [0.5, 0.6) is 0 Å². The number of sulfone groups is 1. The molecule has 152 valence electrons. The van der Waals surface area contributed by atoms with Crippen molar-refractivity contribution in [2.75, 3.05) is 25.2 Å². The summed E-state index contributed by atoms with van der Waals surface area (Å²) < 4.78 is 37.1. The fraction of sp³-hybridized carbons (Fsp3) is 0.381. The van der Waals surface area contributed by atoms with Gasteiger partial charge in [0.15, 0.2) is 9.84 Å². The number of rotatable bonds is 6. The SMILES string of the molecule is CN(CC(=O)Nc1cc(S(C)(=O)=O)ccc1F)Cc1ccc(C(C)(C)C)cc1. The molecule has 0 bridgehead atoms. The molecule has 0 saturated heterocycles. The second-order valence-electron chi connectivity index (χ2n) is 8.08. The zero-order chi connectivity index (χ0) is 21.1. The Morgan fingerprint density at radius 2 is 1.71 bits per heavy atom. The lowest BCUT2D eigenvalue weighted by Crippen LogP contribution is -2.30. The van der Waals surface area contributed by atoms with Gasteiger partial charge in [-0.3, -0.25) is 9.69 Å². The summed E-state index contributed by atoms with van der Waals surface area (Å²) in [6.45, 7) is 7.05. The van der Waals surface area contributed by atoms with Gasteiger partial charge in [-0.1, -0.05) is 45.0 Å². The second kappa shape index (κ2) is 8.41. The van der Waals surface area contributed by atoms with Crippen LogP contribution in [0, 0.1) is 5.82 Å². The smallest absolute Gasteiger partial charge is 0.238 e. The number of nitrogens with zero attached hydrogens (tertiary/aromatic N) is 1. The van der Waals surface area contributed by atoms with Crippen LogP contribution in [0.1, 0.15) is 31.9 Å². The fourth-order valence-electron chi connectivity index (χ4n) is 2.74. The Hall–Kier alpha value is -2.25. The van der Waals surface area contributed by atoms with Crippen molar-refractivity contribution in [1.29, 1.82) is 0 Å². The molecule has 28 heavy (non-hydrogen) atoms. The Bertz CT molecular complexity index is 949. The van der Waals surface area contributed by atoms with E-state index in [1.165, 1.54) is 11.6 Å². The molecular formula is C21H27FN2O3S. The zero-order valence-corrected chi connectivity index (χ0v) is 17.7. The number of amides is 1. The van der Waals surface area contributed by atoms with Crippen LogP contribution in [0.4, 0.5) is 10.1 Å². The van der Waals surface area contributed by atoms with Crippen molar-refractivity contribution in [1.82, 2.24) is 4.90 Å². The first-order chi connectivity index (χ1) is 12.9. The van der Waals surface area contributed by atoms with Crippen LogP contribution < -0.4 is 5.32 Å². The number of nitrogens with one attached hydrogen (secondary N) is 1. The second-order valence-corrected chi connectivity index (χ2v) is 10.1. The highest BCUT2D eigenvalue weighted by atomic mass is 32.2. The topological polar surface area (TPSA) is 66.5 Å². The predicted molar refractivity (Wildman–Crippen MR) is 110 cm³/mol. The maximum Gasteiger partial charge on any atom is 0.238 e. The fourth-order valence-corrected chi connectivity index (χ4v) is 3.39. The summed E-state index contributed by atoms with van der Waals surface area (Å²) in [5, 5.41) is 2.45. The lowest BCUT2D eigenvalue weighted by atomic mass is 9.87. The van der Waals surface area contributed by atoms with Crippen LogP contribution in [-0.2, 0) is 26.6 Å². The average molecular weight is 407 g/mol. The van der Waals surface area contributed by atoms with E-state index in [0.717, 1.165) is 24.0 Å². The summed E-state index contributed by atoms with van der Waals surface area (Å²) in [5.41, 5.74) is 2.23. The minimum Gasteiger partial charge on any atom is -0.322 e. The predicted octanol–water partition coefficient (Wildman–Crippen LogP) is 3.60. The molecule has 0 spiro atoms. The summed E-state index contributed by atoms with van der Waals surface area (Å²) in [4.78, 5) is 14.0. The minimum absolute atomic E-state index is 0.0449. The number of anilines is 1. The van der Waals surface area contributed by atoms with Gasteiger partial charge in [0.25, 0.3) is 0 Å². The molecular weight excluding hydrogens is 379 g/mol. The first-order valence-electron chi connectivity index (χ1n) is 8.93. The van der Waals surface area contributed by atoms with Gasteiger partial charge in [-0.25, -0.2) is 12.8 Å². The molecule has 7 heteroatoms. The summed E-state index contributed by atoms with van der Waals surface area (Å²) in [6.07, 6.45) is 1.03. The summed E-state index contributed by atoms with van der Waals surface area (Å²) >= 11 is 0. The van der Waals surface area contributed by atoms with E-state index in [4.69, 9.17) is 0 Å². The third-order valence-electron chi connectivity index (χ3n) is 4.33. The minimum atomic E-state index is -3.48. The maximum absolute atomic E-state index is 13.9. The van der Waals surface area contributed by atoms with Gasteiger partial charge in [-0.15, -0.1) is 0 Å². The summed E-state index contributed by atoms with van der Waals surface area (Å²) in [7, 11) is -1.69. The van der Waals surface area contributed by atoms with Gasteiger partial charge in [-0.2, -0.15) is 0 Å². The monoisotopic (exact) mass is 406 g/mol. The van der Waals surface area contributed by atoms with Crippen LogP contribution in [-0.4, -0.2) is 39.1 Å². The van der Waals surface area contributed by atoms with Gasteiger partial charge in [-0.05, 0) is 41.8 Å². The molecule has 0 aromatic heterocycles. The molecule has 1 N–H and O–H groups in total. The van der Waals surface area contributed by atoms with Crippen molar-refractivity contribution in [3.63, 3.8) is 0 Å². The third-order valence-corrected chi connectivity index (χ3v) is 5.44. The highest BCUT2D eigenvalue weighted by Gasteiger charge is 2.15. The van der Waals surface area contributed by atoms with E-state index in [-0.39, 0.29) is 22.5 Å². The lowest BCUT2D eigenvalue weighted by molar-refractivity contribution is -0.117. The number of carbonyl (C=O) groups excluding carboxylic acids is 1. The molecule has 0 radical (unpaired) electrons. The number of benzene rings is 2. The van der Waals surface area contributed by atoms with Crippen molar-refractivity contribution in [2.24, 2.45) is 0 Å². The van der Waals surface area contributed by atoms with Crippen LogP contribution in [0.15, 0.2) is 47.4 Å². The maximum atomic E-state index is 13.9. The quantitative estimate of drug-likeness (QED) is 0.745.